The fraction of sp³-hybridized carbons (Fsp3) is 0.625. The van der Waals surface area contributed by atoms with Crippen LogP contribution in [0.25, 0.3) is 0 Å². The Morgan fingerprint density at radius 2 is 1.55 bits per heavy atom. The summed E-state index contributed by atoms with van der Waals surface area (Å²) in [5, 5.41) is 0. The van der Waals surface area contributed by atoms with Crippen molar-refractivity contribution >= 4 is 11.1 Å². The maximum absolute atomic E-state index is 11.2. The molecule has 1 fully saturated rings. The zero-order valence-corrected chi connectivity index (χ0v) is 14.5. The van der Waals surface area contributed by atoms with Crippen LogP contribution in [0, 0.1) is 19.4 Å². The van der Waals surface area contributed by atoms with Gasteiger partial charge in [0, 0.05) is 6.61 Å². The molecule has 0 bridgehead atoms. The first-order chi connectivity index (χ1) is 10.4. The van der Waals surface area contributed by atoms with Gasteiger partial charge >= 0.3 is 39.7 Å². The van der Waals surface area contributed by atoms with Crippen LogP contribution in [0.3, 0.4) is 0 Å². The second-order valence-electron chi connectivity index (χ2n) is 4.75. The van der Waals surface area contributed by atoms with Crippen LogP contribution in [0.5, 0.6) is 0 Å². The molecule has 6 heteroatoms. The van der Waals surface area contributed by atoms with Crippen molar-refractivity contribution in [1.29, 1.82) is 0 Å². The number of allylic oxidation sites excluding steroid dienone is 2. The molecule has 3 aliphatic rings. The van der Waals surface area contributed by atoms with Crippen molar-refractivity contribution in [3.63, 3.8) is 0 Å². The van der Waals surface area contributed by atoms with Crippen molar-refractivity contribution < 1.29 is 34.8 Å². The van der Waals surface area contributed by atoms with Crippen LogP contribution < -0.4 is 0 Å². The molecule has 1 unspecified atom stereocenters. The van der Waals surface area contributed by atoms with Gasteiger partial charge in [0.1, 0.15) is 0 Å². The Morgan fingerprint density at radius 1 is 1.00 bits per heavy atom. The zero-order valence-electron chi connectivity index (χ0n) is 12.5. The maximum Gasteiger partial charge on any atom is 2.00 e. The summed E-state index contributed by atoms with van der Waals surface area (Å²) in [6.07, 6.45) is 17.3. The summed E-state index contributed by atoms with van der Waals surface area (Å²) < 4.78 is 31.1. The van der Waals surface area contributed by atoms with Crippen molar-refractivity contribution in [1.82, 2.24) is 0 Å². The smallest absolute Gasteiger partial charge is 2.00 e. The summed E-state index contributed by atoms with van der Waals surface area (Å²) in [5.74, 6) is 0. The molecule has 0 N–H and O–H groups in total. The van der Waals surface area contributed by atoms with Gasteiger partial charge in [0.15, 0.2) is 11.1 Å². The molecule has 0 aromatic carbocycles. The number of hydrogen-bond acceptors (Lipinski definition) is 2. The summed E-state index contributed by atoms with van der Waals surface area (Å²) >= 11 is -1.22. The van der Waals surface area contributed by atoms with Gasteiger partial charge in [-0.25, -0.2) is 10.3 Å². The molecule has 1 saturated carbocycles. The Balaban J connectivity index is 0. The molecule has 1 heterocycles. The molecule has 0 spiro atoms. The first-order valence-electron chi connectivity index (χ1n) is 7.14. The van der Waals surface area contributed by atoms with E-state index in [1.165, 1.54) is 50.5 Å². The average Bonchev–Trinajstić information content (AvgIpc) is 3.27. The van der Waals surface area contributed by atoms with Crippen molar-refractivity contribution in [2.45, 2.75) is 57.8 Å². The van der Waals surface area contributed by atoms with E-state index in [2.05, 4.69) is 25.5 Å². The van der Waals surface area contributed by atoms with Crippen LogP contribution in [-0.2, 0) is 41.6 Å². The molecule has 0 amide bonds. The Kier molecular flexibility index (Phi) is 18.4. The Bertz CT molecular complexity index is 395. The molecule has 0 aromatic rings. The van der Waals surface area contributed by atoms with E-state index in [-0.39, 0.29) is 17.1 Å². The predicted molar refractivity (Wildman–Crippen MR) is 78.3 cm³/mol. The van der Waals surface area contributed by atoms with Gasteiger partial charge in [-0.15, -0.1) is 4.91 Å². The molecule has 122 valence electrons. The second-order valence-corrected chi connectivity index (χ2v) is 5.86. The minimum Gasteiger partial charge on any atom is 2.00 e. The third-order valence-corrected chi connectivity index (χ3v) is 4.47. The van der Waals surface area contributed by atoms with E-state index in [9.17, 15) is 4.21 Å². The molecule has 4 nitrogen and oxygen atoms in total. The van der Waals surface area contributed by atoms with E-state index in [0.717, 1.165) is 17.7 Å². The van der Waals surface area contributed by atoms with Crippen molar-refractivity contribution in [2.75, 3.05) is 6.61 Å². The fourth-order valence-corrected chi connectivity index (χ4v) is 3.28. The third kappa shape index (κ3) is 9.57. The molecule has 22 heavy (non-hydrogen) atoms. The van der Waals surface area contributed by atoms with E-state index in [4.69, 9.17) is 13.5 Å². The Hall–Kier alpha value is -0.411. The molecule has 1 aliphatic heterocycles. The van der Waals surface area contributed by atoms with E-state index in [0.29, 0.717) is 6.61 Å². The topological polar surface area (TPSA) is 66.1 Å². The van der Waals surface area contributed by atoms with Gasteiger partial charge in [0.2, 0.25) is 0 Å². The Labute approximate surface area is 146 Å². The van der Waals surface area contributed by atoms with Gasteiger partial charge in [-0.2, -0.15) is 11.6 Å². The largest absolute Gasteiger partial charge is 2.00 e. The van der Waals surface area contributed by atoms with Crippen molar-refractivity contribution in [2.24, 2.45) is 0 Å². The minimum absolute atomic E-state index is 0. The maximum atomic E-state index is 11.2. The van der Waals surface area contributed by atoms with Gasteiger partial charge in [-0.3, -0.25) is 0 Å². The predicted octanol–water partition coefficient (Wildman–Crippen LogP) is 3.74. The first kappa shape index (κ1) is 23.8. The normalized spacial score (nSPS) is 21.9. The molecule has 3 rings (SSSR count). The van der Waals surface area contributed by atoms with Crippen molar-refractivity contribution in [3.8, 4) is 0 Å². The summed E-state index contributed by atoms with van der Waals surface area (Å²) in [7, 11) is 0. The van der Waals surface area contributed by atoms with Crippen LogP contribution in [-0.4, -0.2) is 10.8 Å². The van der Waals surface area contributed by atoms with Gasteiger partial charge in [0.25, 0.3) is 0 Å². The van der Waals surface area contributed by atoms with Crippen LogP contribution in [0.1, 0.15) is 57.8 Å². The molecule has 0 radical (unpaired) electrons. The van der Waals surface area contributed by atoms with Gasteiger partial charge < -0.3 is 4.18 Å². The SMILES string of the molecule is C1CCCC1.O=S1OC[C-]=C1C1=CCCCC1.[C-]#[O+].[C-]#[O+].[Fe+2]. The van der Waals surface area contributed by atoms with Gasteiger partial charge in [-0.1, -0.05) is 57.8 Å². The molecular formula is C16H21FeO4S+. The number of rotatable bonds is 1. The molecule has 0 saturated heterocycles. The van der Waals surface area contributed by atoms with Gasteiger partial charge in [-0.05, 0) is 0 Å². The quantitative estimate of drug-likeness (QED) is 0.404. The second kappa shape index (κ2) is 17.0. The average molecular weight is 365 g/mol. The summed E-state index contributed by atoms with van der Waals surface area (Å²) in [6.45, 7) is 9.39. The van der Waals surface area contributed by atoms with Crippen LogP contribution in [0.2, 0.25) is 0 Å². The van der Waals surface area contributed by atoms with Crippen LogP contribution in [0.15, 0.2) is 16.6 Å². The first-order valence-corrected chi connectivity index (χ1v) is 8.21. The van der Waals surface area contributed by atoms with Gasteiger partial charge in [0.05, 0.1) is 0 Å². The van der Waals surface area contributed by atoms with Crippen LogP contribution >= 0.6 is 0 Å². The molecular weight excluding hydrogens is 344 g/mol. The summed E-state index contributed by atoms with van der Waals surface area (Å²) in [5.41, 5.74) is 1.19. The van der Waals surface area contributed by atoms with E-state index >= 15 is 0 Å². The molecule has 2 aliphatic carbocycles. The number of hydrogen-bond donors (Lipinski definition) is 0. The fourth-order valence-electron chi connectivity index (χ4n) is 2.42. The minimum atomic E-state index is -1.22. The summed E-state index contributed by atoms with van der Waals surface area (Å²) in [4.78, 5) is 0.801. The van der Waals surface area contributed by atoms with E-state index in [1.807, 2.05) is 0 Å². The van der Waals surface area contributed by atoms with E-state index in [1.54, 1.807) is 0 Å². The standard InChI is InChI=1S/C9H11O2S.C5H10.2CO.Fe/c10-12-9(6-7-11-12)8-4-2-1-3-5-8;1-2-4-5-3-1;2*1-2;/h4H,1-3,5,7H2;1-5H2;;;/q-1;;;;+2. The summed E-state index contributed by atoms with van der Waals surface area (Å²) in [6, 6.07) is 0. The molecule has 0 aromatic heterocycles. The third-order valence-electron chi connectivity index (χ3n) is 3.40. The van der Waals surface area contributed by atoms with Crippen molar-refractivity contribution in [3.05, 3.63) is 35.9 Å². The monoisotopic (exact) mass is 365 g/mol. The Morgan fingerprint density at radius 3 is 1.91 bits per heavy atom. The van der Waals surface area contributed by atoms with Crippen LogP contribution in [0.4, 0.5) is 0 Å². The van der Waals surface area contributed by atoms with E-state index < -0.39 is 11.1 Å². The molecule has 1 atom stereocenters. The zero-order chi connectivity index (χ0) is 15.9.